The molecule has 3 saturated heterocycles. The number of benzene rings is 2. The predicted molar refractivity (Wildman–Crippen MR) is 145 cm³/mol. The molecule has 9 heteroatoms. The van der Waals surface area contributed by atoms with Crippen molar-refractivity contribution in [3.05, 3.63) is 58.6 Å². The number of halogens is 1. The third kappa shape index (κ3) is 3.61. The summed E-state index contributed by atoms with van der Waals surface area (Å²) in [7, 11) is 1.56. The maximum atomic E-state index is 14.5. The number of hydrogen-bond acceptors (Lipinski definition) is 5. The zero-order valence-electron chi connectivity index (χ0n) is 22.4. The number of imide groups is 2. The highest BCUT2D eigenvalue weighted by molar-refractivity contribution is 9.10. The van der Waals surface area contributed by atoms with E-state index in [2.05, 4.69) is 15.9 Å². The molecule has 3 unspecified atom stereocenters. The molecule has 2 aromatic rings. The van der Waals surface area contributed by atoms with Crippen LogP contribution in [0.1, 0.15) is 52.6 Å². The van der Waals surface area contributed by atoms with Crippen molar-refractivity contribution in [2.24, 2.45) is 17.8 Å². The van der Waals surface area contributed by atoms with Crippen LogP contribution in [-0.4, -0.2) is 51.7 Å². The summed E-state index contributed by atoms with van der Waals surface area (Å²) >= 11 is 3.44. The third-order valence-corrected chi connectivity index (χ3v) is 8.29. The largest absolute Gasteiger partial charge is 0.497 e. The number of nitrogens with zero attached hydrogens (tertiary/aromatic N) is 3. The fraction of sp³-hybridized carbons (Fsp3) is 0.448. The number of anilines is 1. The Morgan fingerprint density at radius 3 is 2.21 bits per heavy atom. The standard InChI is InChI=1S/C29H32BrN3O5/c1-16(2)15-29-22-21(24(34)33(25(22)35)28(3,4)5)23(17-10-12-20(38-6)13-11-17)32(29)27(37)31(26(29)36)19-9-7-8-18(30)14-19/h7-14,16,21-23H,15H2,1-6H3/t21?,22?,23?,29-/m1/s1. The van der Waals surface area contributed by atoms with E-state index in [9.17, 15) is 19.2 Å². The minimum atomic E-state index is -1.49. The summed E-state index contributed by atoms with van der Waals surface area (Å²) in [6, 6.07) is 12.8. The van der Waals surface area contributed by atoms with Crippen LogP contribution < -0.4 is 9.64 Å². The van der Waals surface area contributed by atoms with E-state index in [0.717, 1.165) is 4.47 Å². The first kappa shape index (κ1) is 26.4. The number of likely N-dealkylation sites (tertiary alicyclic amines) is 1. The van der Waals surface area contributed by atoms with E-state index >= 15 is 0 Å². The second-order valence-corrected chi connectivity index (χ2v) is 12.6. The lowest BCUT2D eigenvalue weighted by atomic mass is 9.74. The molecule has 3 aliphatic rings. The zero-order chi connectivity index (χ0) is 27.7. The van der Waals surface area contributed by atoms with E-state index in [-0.39, 0.29) is 18.2 Å². The molecule has 0 saturated carbocycles. The molecular formula is C29H32BrN3O5. The molecule has 0 radical (unpaired) electrons. The number of carbonyl (C=O) groups excluding carboxylic acids is 4. The van der Waals surface area contributed by atoms with Crippen molar-refractivity contribution in [2.45, 2.75) is 58.2 Å². The minimum absolute atomic E-state index is 0.0291. The van der Waals surface area contributed by atoms with Gasteiger partial charge in [0.25, 0.3) is 5.91 Å². The van der Waals surface area contributed by atoms with Crippen LogP contribution in [0.3, 0.4) is 0 Å². The molecule has 38 heavy (non-hydrogen) atoms. The Morgan fingerprint density at radius 2 is 1.66 bits per heavy atom. The molecule has 5 rings (SSSR count). The lowest BCUT2D eigenvalue weighted by Crippen LogP contribution is -2.56. The second-order valence-electron chi connectivity index (χ2n) is 11.7. The summed E-state index contributed by atoms with van der Waals surface area (Å²) in [4.78, 5) is 61.0. The van der Waals surface area contributed by atoms with Crippen LogP contribution in [0.4, 0.5) is 10.5 Å². The average molecular weight is 582 g/mol. The van der Waals surface area contributed by atoms with Crippen LogP contribution in [0.5, 0.6) is 5.75 Å². The Bertz CT molecular complexity index is 1330. The van der Waals surface area contributed by atoms with Gasteiger partial charge in [-0.25, -0.2) is 9.69 Å². The number of hydrogen-bond donors (Lipinski definition) is 0. The number of carbonyl (C=O) groups is 4. The second kappa shape index (κ2) is 8.93. The summed E-state index contributed by atoms with van der Waals surface area (Å²) in [6.45, 7) is 9.37. The molecular weight excluding hydrogens is 550 g/mol. The molecule has 3 aliphatic heterocycles. The van der Waals surface area contributed by atoms with Gasteiger partial charge in [-0.3, -0.25) is 19.3 Å². The molecule has 3 fully saturated rings. The highest BCUT2D eigenvalue weighted by atomic mass is 79.9. The molecule has 3 heterocycles. The number of urea groups is 1. The first-order valence-electron chi connectivity index (χ1n) is 12.8. The molecule has 0 aromatic heterocycles. The van der Waals surface area contributed by atoms with E-state index in [1.54, 1.807) is 42.3 Å². The zero-order valence-corrected chi connectivity index (χ0v) is 24.0. The minimum Gasteiger partial charge on any atom is -0.497 e. The van der Waals surface area contributed by atoms with E-state index in [0.29, 0.717) is 17.0 Å². The third-order valence-electron chi connectivity index (χ3n) is 7.80. The van der Waals surface area contributed by atoms with Gasteiger partial charge in [0.15, 0.2) is 0 Å². The summed E-state index contributed by atoms with van der Waals surface area (Å²) in [5.74, 6) is -2.46. The monoisotopic (exact) mass is 581 g/mol. The van der Waals surface area contributed by atoms with Gasteiger partial charge in [0, 0.05) is 10.0 Å². The average Bonchev–Trinajstić information content (AvgIpc) is 3.36. The molecule has 8 nitrogen and oxygen atoms in total. The summed E-state index contributed by atoms with van der Waals surface area (Å²) in [6.07, 6.45) is 0.257. The maximum Gasteiger partial charge on any atom is 0.332 e. The number of amides is 5. The molecule has 0 bridgehead atoms. The summed E-state index contributed by atoms with van der Waals surface area (Å²) in [5.41, 5.74) is -1.17. The SMILES string of the molecule is COc1ccc(C2C3C(=O)N(C(C)(C)C)C(=O)C3[C@]3(CC(C)C)C(=O)N(c4cccc(Br)c4)C(=O)N23)cc1. The van der Waals surface area contributed by atoms with Crippen molar-refractivity contribution < 1.29 is 23.9 Å². The lowest BCUT2D eigenvalue weighted by molar-refractivity contribution is -0.149. The molecule has 2 aromatic carbocycles. The molecule has 0 aliphatic carbocycles. The molecule has 200 valence electrons. The summed E-state index contributed by atoms with van der Waals surface area (Å²) < 4.78 is 6.04. The first-order chi connectivity index (χ1) is 17.8. The van der Waals surface area contributed by atoms with Crippen molar-refractivity contribution in [3.63, 3.8) is 0 Å². The van der Waals surface area contributed by atoms with Crippen molar-refractivity contribution >= 4 is 45.4 Å². The fourth-order valence-corrected chi connectivity index (χ4v) is 6.97. The smallest absolute Gasteiger partial charge is 0.332 e. The number of rotatable bonds is 5. The normalized spacial score (nSPS) is 27.1. The molecule has 5 amide bonds. The van der Waals surface area contributed by atoms with Crippen LogP contribution in [0.2, 0.25) is 0 Å². The van der Waals surface area contributed by atoms with Gasteiger partial charge in [-0.2, -0.15) is 0 Å². The van der Waals surface area contributed by atoms with Crippen molar-refractivity contribution in [1.82, 2.24) is 9.80 Å². The first-order valence-corrected chi connectivity index (χ1v) is 13.6. The van der Waals surface area contributed by atoms with Crippen LogP contribution in [0, 0.1) is 17.8 Å². The van der Waals surface area contributed by atoms with Crippen molar-refractivity contribution in [1.29, 1.82) is 0 Å². The van der Waals surface area contributed by atoms with Gasteiger partial charge in [-0.05, 0) is 69.0 Å². The molecule has 0 spiro atoms. The lowest BCUT2D eigenvalue weighted by Gasteiger charge is -2.38. The molecule has 0 N–H and O–H groups in total. The Morgan fingerprint density at radius 1 is 1.00 bits per heavy atom. The van der Waals surface area contributed by atoms with Gasteiger partial charge in [-0.1, -0.05) is 48.0 Å². The van der Waals surface area contributed by atoms with E-state index in [4.69, 9.17) is 4.74 Å². The Hall–Kier alpha value is -3.20. The van der Waals surface area contributed by atoms with Gasteiger partial charge in [-0.15, -0.1) is 0 Å². The van der Waals surface area contributed by atoms with Gasteiger partial charge >= 0.3 is 6.03 Å². The Labute approximate surface area is 231 Å². The number of fused-ring (bicyclic) bond motifs is 3. The molecule has 4 atom stereocenters. The van der Waals surface area contributed by atoms with Crippen LogP contribution in [0.15, 0.2) is 53.0 Å². The Balaban J connectivity index is 1.77. The van der Waals surface area contributed by atoms with Gasteiger partial charge in [0.05, 0.1) is 30.7 Å². The topological polar surface area (TPSA) is 87.2 Å². The van der Waals surface area contributed by atoms with E-state index < -0.39 is 46.8 Å². The number of methoxy groups -OCH3 is 1. The van der Waals surface area contributed by atoms with Crippen LogP contribution in [0.25, 0.3) is 0 Å². The predicted octanol–water partition coefficient (Wildman–Crippen LogP) is 5.17. The summed E-state index contributed by atoms with van der Waals surface area (Å²) in [5, 5.41) is 0. The Kier molecular flexibility index (Phi) is 6.21. The van der Waals surface area contributed by atoms with Crippen LogP contribution >= 0.6 is 15.9 Å². The quantitative estimate of drug-likeness (QED) is 0.359. The van der Waals surface area contributed by atoms with Crippen molar-refractivity contribution in [3.8, 4) is 5.75 Å². The highest BCUT2D eigenvalue weighted by Crippen LogP contribution is 2.61. The van der Waals surface area contributed by atoms with Gasteiger partial charge in [0.1, 0.15) is 11.3 Å². The number of ether oxygens (including phenoxy) is 1. The van der Waals surface area contributed by atoms with E-state index in [1.807, 2.05) is 52.8 Å². The van der Waals surface area contributed by atoms with Crippen LogP contribution in [-0.2, 0) is 14.4 Å². The van der Waals surface area contributed by atoms with Gasteiger partial charge in [0.2, 0.25) is 11.8 Å². The van der Waals surface area contributed by atoms with Crippen molar-refractivity contribution in [2.75, 3.05) is 12.0 Å². The van der Waals surface area contributed by atoms with Gasteiger partial charge < -0.3 is 9.64 Å². The fourth-order valence-electron chi connectivity index (χ4n) is 6.58. The highest BCUT2D eigenvalue weighted by Gasteiger charge is 2.77. The maximum absolute atomic E-state index is 14.5. The van der Waals surface area contributed by atoms with E-state index in [1.165, 1.54) is 9.80 Å².